The Morgan fingerprint density at radius 2 is 1.54 bits per heavy atom. The number of nitrogens with two attached hydrogens (primary N) is 1. The van der Waals surface area contributed by atoms with Gasteiger partial charge in [0.2, 0.25) is 5.82 Å². The van der Waals surface area contributed by atoms with Gasteiger partial charge in [0, 0.05) is 13.0 Å². The Kier molecular flexibility index (Phi) is 10.4. The minimum Gasteiger partial charge on any atom is -0.362 e. The van der Waals surface area contributed by atoms with E-state index in [0.717, 1.165) is 22.9 Å². The van der Waals surface area contributed by atoms with Crippen LogP contribution in [0.5, 0.6) is 0 Å². The van der Waals surface area contributed by atoms with E-state index in [2.05, 4.69) is 15.3 Å². The molecular weight excluding hydrogens is 425 g/mol. The summed E-state index contributed by atoms with van der Waals surface area (Å²) in [5.41, 5.74) is 8.01. The lowest BCUT2D eigenvalue weighted by molar-refractivity contribution is -2.00. The van der Waals surface area contributed by atoms with E-state index in [9.17, 15) is 0 Å². The van der Waals surface area contributed by atoms with Gasteiger partial charge in [-0.1, -0.05) is 6.07 Å². The largest absolute Gasteiger partial charge is 0.362 e. The van der Waals surface area contributed by atoms with Crippen LogP contribution >= 0.6 is 0 Å². The summed E-state index contributed by atoms with van der Waals surface area (Å²) in [5, 5.41) is 3.30. The van der Waals surface area contributed by atoms with Gasteiger partial charge in [0.25, 0.3) is 11.6 Å². The van der Waals surface area contributed by atoms with Gasteiger partial charge in [0.1, 0.15) is 18.3 Å². The Labute approximate surface area is 164 Å². The number of halogens is 2. The fraction of sp³-hybridized carbons (Fsp3) is 0.308. The molecule has 0 amide bonds. The van der Waals surface area contributed by atoms with Gasteiger partial charge in [-0.15, -0.1) is 20.5 Å². The number of aryl methyl sites for hydroxylation is 3. The lowest BCUT2D eigenvalue weighted by Gasteiger charge is -2.17. The predicted molar refractivity (Wildman–Crippen MR) is 69.6 cm³/mol. The molecule has 4 N–H and O–H groups in total. The second-order valence-electron chi connectivity index (χ2n) is 5.17. The summed E-state index contributed by atoms with van der Waals surface area (Å²) in [5.74, 6) is 2.45. The van der Waals surface area contributed by atoms with Crippen LogP contribution in [0, 0.1) is 34.3 Å². The van der Waals surface area contributed by atoms with Crippen LogP contribution in [0.25, 0.3) is 0 Å². The van der Waals surface area contributed by atoms with Crippen LogP contribution in [0.3, 0.4) is 0 Å². The maximum Gasteiger partial charge on any atom is 0.297 e. The van der Waals surface area contributed by atoms with Crippen LogP contribution in [0.1, 0.15) is 17.1 Å². The van der Waals surface area contributed by atoms with Crippen molar-refractivity contribution >= 4 is 11.6 Å². The van der Waals surface area contributed by atoms with Crippen LogP contribution in [0.2, 0.25) is 0 Å². The minimum absolute atomic E-state index is 0.575. The standard InChI is InChI=1S/C13H17N5.2ClHO4/c1-9-5-4-6-12(16-9)15-7-11-8-18(3)10(2)17-13(11)14;2*2-1(3,4)5/h4-6,8,14H,7H2,1-3H3,(H,15,16);2*(H,2,3,4,5). The first kappa shape index (κ1) is 26.1. The Balaban J connectivity index is 0.000000607. The van der Waals surface area contributed by atoms with Crippen molar-refractivity contribution < 1.29 is 67.3 Å². The van der Waals surface area contributed by atoms with Gasteiger partial charge in [-0.05, 0) is 18.0 Å². The molecule has 15 heteroatoms. The molecule has 0 saturated heterocycles. The predicted octanol–water partition coefficient (Wildman–Crippen LogP) is -8.98. The van der Waals surface area contributed by atoms with E-state index >= 15 is 0 Å². The van der Waals surface area contributed by atoms with Gasteiger partial charge in [-0.3, -0.25) is 5.32 Å². The van der Waals surface area contributed by atoms with E-state index in [-0.39, 0.29) is 0 Å². The molecule has 28 heavy (non-hydrogen) atoms. The fourth-order valence-corrected chi connectivity index (χ4v) is 1.73. The van der Waals surface area contributed by atoms with Crippen molar-refractivity contribution in [3.8, 4) is 0 Å². The number of aromatic nitrogens is 3. The van der Waals surface area contributed by atoms with Gasteiger partial charge in [0.05, 0.1) is 12.7 Å². The first-order valence-electron chi connectivity index (χ1n) is 7.14. The number of hydrogen-bond acceptors (Lipinski definition) is 11. The molecule has 2 heterocycles. The van der Waals surface area contributed by atoms with Crippen LogP contribution in [0.15, 0.2) is 24.4 Å². The van der Waals surface area contributed by atoms with E-state index in [4.69, 9.17) is 43.0 Å². The summed E-state index contributed by atoms with van der Waals surface area (Å²) in [6.07, 6.45) is 2.00. The zero-order chi connectivity index (χ0) is 22.1. The molecular formula is C13H19Cl2N5O8. The second-order valence-corrected chi connectivity index (χ2v) is 6.68. The number of nitrogens with one attached hydrogen (secondary N) is 2. The molecule has 0 fully saturated rings. The van der Waals surface area contributed by atoms with Crippen molar-refractivity contribution in [3.63, 3.8) is 0 Å². The molecule has 158 valence electrons. The highest BCUT2D eigenvalue weighted by Crippen LogP contribution is 2.08. The average Bonchev–Trinajstić information content (AvgIpc) is 2.46. The monoisotopic (exact) mass is 443 g/mol. The maximum absolute atomic E-state index is 8.49. The quantitative estimate of drug-likeness (QED) is 0.420. The second kappa shape index (κ2) is 11.2. The molecule has 0 unspecified atom stereocenters. The normalized spacial score (nSPS) is 11.0. The molecule has 0 aromatic carbocycles. The molecule has 2 aromatic rings. The third kappa shape index (κ3) is 15.2. The molecule has 13 nitrogen and oxygen atoms in total. The Bertz CT molecular complexity index is 731. The van der Waals surface area contributed by atoms with Crippen molar-refractivity contribution in [1.82, 2.24) is 4.98 Å². The Morgan fingerprint density at radius 3 is 2.00 bits per heavy atom. The molecule has 0 aliphatic carbocycles. The average molecular weight is 444 g/mol. The number of anilines is 2. The lowest BCUT2D eigenvalue weighted by Crippen LogP contribution is -2.68. The number of aromatic amines is 1. The topological polar surface area (TPSA) is 253 Å². The highest BCUT2D eigenvalue weighted by atomic mass is 35.7. The molecule has 2 aromatic heterocycles. The number of H-pyrrole nitrogens is 1. The van der Waals surface area contributed by atoms with E-state index in [1.54, 1.807) is 0 Å². The van der Waals surface area contributed by atoms with Crippen LogP contribution in [0.4, 0.5) is 11.6 Å². The first-order valence-corrected chi connectivity index (χ1v) is 9.61. The summed E-state index contributed by atoms with van der Waals surface area (Å²) >= 11 is 0. The maximum atomic E-state index is 8.49. The van der Waals surface area contributed by atoms with E-state index in [0.29, 0.717) is 12.4 Å². The van der Waals surface area contributed by atoms with Crippen LogP contribution < -0.4 is 57.9 Å². The third-order valence-electron chi connectivity index (χ3n) is 2.88. The van der Waals surface area contributed by atoms with Crippen molar-refractivity contribution in [3.05, 3.63) is 41.5 Å². The zero-order valence-electron chi connectivity index (χ0n) is 15.0. The van der Waals surface area contributed by atoms with Crippen LogP contribution in [-0.2, 0) is 13.6 Å². The third-order valence-corrected chi connectivity index (χ3v) is 2.88. The summed E-state index contributed by atoms with van der Waals surface area (Å²) in [7, 11) is -7.93. The number of rotatable bonds is 3. The van der Waals surface area contributed by atoms with Crippen molar-refractivity contribution in [1.29, 1.82) is 0 Å². The SMILES string of the molecule is Cc1cccc(NCc2c[n+](C)c(C)nc2N)[nH+]1.[O-][Cl+3]([O-])([O-])[O-].[O-][Cl+3]([O-])([O-])[O-]. The summed E-state index contributed by atoms with van der Waals surface area (Å²) in [6.45, 7) is 4.60. The van der Waals surface area contributed by atoms with E-state index in [1.807, 2.05) is 49.9 Å². The molecule has 0 saturated carbocycles. The van der Waals surface area contributed by atoms with Gasteiger partial charge < -0.3 is 5.73 Å². The minimum atomic E-state index is -4.94. The first-order chi connectivity index (χ1) is 12.6. The van der Waals surface area contributed by atoms with Crippen LogP contribution in [-0.4, -0.2) is 4.98 Å². The number of nitrogens with zero attached hydrogens (tertiary/aromatic N) is 2. The Morgan fingerprint density at radius 1 is 1.04 bits per heavy atom. The molecule has 0 spiro atoms. The van der Waals surface area contributed by atoms with Gasteiger partial charge >= 0.3 is 0 Å². The zero-order valence-corrected chi connectivity index (χ0v) is 16.5. The smallest absolute Gasteiger partial charge is 0.297 e. The Hall–Kier alpha value is -1.91. The lowest BCUT2D eigenvalue weighted by atomic mass is 10.3. The number of hydrogen-bond donors (Lipinski definition) is 2. The van der Waals surface area contributed by atoms with Crippen molar-refractivity contribution in [2.24, 2.45) is 7.05 Å². The fourth-order valence-electron chi connectivity index (χ4n) is 1.73. The van der Waals surface area contributed by atoms with Crippen molar-refractivity contribution in [2.45, 2.75) is 20.4 Å². The molecule has 0 aliphatic heterocycles. The highest BCUT2D eigenvalue weighted by molar-refractivity contribution is 5.39. The molecule has 0 bridgehead atoms. The molecule has 0 radical (unpaired) electrons. The van der Waals surface area contributed by atoms with Gasteiger partial charge in [-0.2, -0.15) is 0 Å². The number of pyridine rings is 1. The summed E-state index contributed by atoms with van der Waals surface area (Å²) < 4.78 is 69.9. The molecule has 0 atom stereocenters. The van der Waals surface area contributed by atoms with Gasteiger partial charge in [-0.25, -0.2) is 46.8 Å². The molecule has 0 aliphatic rings. The van der Waals surface area contributed by atoms with Crippen molar-refractivity contribution in [2.75, 3.05) is 11.1 Å². The summed E-state index contributed by atoms with van der Waals surface area (Å²) in [6, 6.07) is 6.02. The summed E-state index contributed by atoms with van der Waals surface area (Å²) in [4.78, 5) is 7.54. The number of nitrogen functional groups attached to an aromatic ring is 1. The van der Waals surface area contributed by atoms with Gasteiger partial charge in [0.15, 0.2) is 0 Å². The van der Waals surface area contributed by atoms with E-state index in [1.165, 1.54) is 0 Å². The highest BCUT2D eigenvalue weighted by Gasteiger charge is 2.14. The molecule has 2 rings (SSSR count). The van der Waals surface area contributed by atoms with E-state index < -0.39 is 20.5 Å².